The molecule has 1 aromatic heterocycles. The molecule has 0 amide bonds. The smallest absolute Gasteiger partial charge is 0.161 e. The molecular weight excluding hydrogens is 364 g/mol. The second-order valence-electron chi connectivity index (χ2n) is 7.49. The molecule has 0 spiro atoms. The van der Waals surface area contributed by atoms with Crippen LogP contribution in [-0.2, 0) is 17.8 Å². The van der Waals surface area contributed by atoms with Crippen molar-refractivity contribution >= 4 is 10.9 Å². The van der Waals surface area contributed by atoms with E-state index >= 15 is 0 Å². The Kier molecular flexibility index (Phi) is 6.27. The number of pyridine rings is 1. The second kappa shape index (κ2) is 9.25. The Labute approximate surface area is 172 Å². The third kappa shape index (κ3) is 4.86. The number of methoxy groups -OCH3 is 2. The van der Waals surface area contributed by atoms with Crippen LogP contribution in [0.3, 0.4) is 0 Å². The first-order chi connectivity index (χ1) is 14.2. The second-order valence-corrected chi connectivity index (χ2v) is 7.49. The van der Waals surface area contributed by atoms with E-state index in [0.717, 1.165) is 61.8 Å². The molecule has 1 aliphatic heterocycles. The van der Waals surface area contributed by atoms with Gasteiger partial charge in [0, 0.05) is 31.6 Å². The number of hydrogen-bond donors (Lipinski definition) is 0. The zero-order chi connectivity index (χ0) is 20.1. The van der Waals surface area contributed by atoms with Crippen molar-refractivity contribution in [1.29, 1.82) is 0 Å². The van der Waals surface area contributed by atoms with Gasteiger partial charge in [0.25, 0.3) is 0 Å². The van der Waals surface area contributed by atoms with E-state index < -0.39 is 0 Å². The molecule has 5 nitrogen and oxygen atoms in total. The normalized spacial score (nSPS) is 16.4. The van der Waals surface area contributed by atoms with Crippen LogP contribution in [0, 0.1) is 0 Å². The van der Waals surface area contributed by atoms with Gasteiger partial charge >= 0.3 is 0 Å². The summed E-state index contributed by atoms with van der Waals surface area (Å²) in [5.41, 5.74) is 3.29. The monoisotopic (exact) mass is 392 g/mol. The first-order valence-corrected chi connectivity index (χ1v) is 10.1. The quantitative estimate of drug-likeness (QED) is 0.567. The summed E-state index contributed by atoms with van der Waals surface area (Å²) in [7, 11) is 3.33. The number of nitrogens with zero attached hydrogens (tertiary/aromatic N) is 2. The molecule has 1 saturated heterocycles. The number of para-hydroxylation sites is 1. The lowest BCUT2D eigenvalue weighted by atomic mass is 10.1. The summed E-state index contributed by atoms with van der Waals surface area (Å²) in [6.45, 7) is 3.33. The highest BCUT2D eigenvalue weighted by molar-refractivity contribution is 5.78. The first kappa shape index (κ1) is 19.7. The van der Waals surface area contributed by atoms with Crippen LogP contribution in [0.5, 0.6) is 11.5 Å². The van der Waals surface area contributed by atoms with E-state index in [1.54, 1.807) is 14.2 Å². The van der Waals surface area contributed by atoms with Gasteiger partial charge in [-0.25, -0.2) is 0 Å². The van der Waals surface area contributed by atoms with E-state index in [0.29, 0.717) is 0 Å². The summed E-state index contributed by atoms with van der Waals surface area (Å²) in [5.74, 6) is 1.50. The van der Waals surface area contributed by atoms with Gasteiger partial charge in [-0.05, 0) is 42.7 Å². The largest absolute Gasteiger partial charge is 0.493 e. The van der Waals surface area contributed by atoms with Crippen LogP contribution in [-0.4, -0.2) is 43.4 Å². The molecule has 0 unspecified atom stereocenters. The number of aromatic nitrogens is 1. The maximum absolute atomic E-state index is 5.90. The van der Waals surface area contributed by atoms with Gasteiger partial charge in [0.05, 0.1) is 31.5 Å². The topological polar surface area (TPSA) is 43.8 Å². The van der Waals surface area contributed by atoms with E-state index in [1.165, 1.54) is 10.9 Å². The van der Waals surface area contributed by atoms with Crippen molar-refractivity contribution in [2.24, 2.45) is 0 Å². The minimum atomic E-state index is 0.288. The van der Waals surface area contributed by atoms with Crippen LogP contribution in [0.1, 0.15) is 24.1 Å². The zero-order valence-electron chi connectivity index (χ0n) is 17.1. The summed E-state index contributed by atoms with van der Waals surface area (Å²) in [5, 5.41) is 1.17. The van der Waals surface area contributed by atoms with Crippen LogP contribution in [0.4, 0.5) is 0 Å². The van der Waals surface area contributed by atoms with Crippen LogP contribution < -0.4 is 9.47 Å². The van der Waals surface area contributed by atoms with E-state index in [4.69, 9.17) is 19.2 Å². The molecule has 0 saturated carbocycles. The maximum atomic E-state index is 5.90. The molecule has 152 valence electrons. The number of ether oxygens (including phenoxy) is 3. The van der Waals surface area contributed by atoms with Gasteiger partial charge in [0.15, 0.2) is 11.5 Å². The first-order valence-electron chi connectivity index (χ1n) is 10.1. The molecule has 0 bridgehead atoms. The van der Waals surface area contributed by atoms with Crippen molar-refractivity contribution in [2.75, 3.05) is 27.4 Å². The standard InChI is InChI=1S/C24H28N2O3/c1-27-23-12-9-18(14-24(23)28-2)15-26(17-21-7-5-13-29-21)16-20-11-10-19-6-3-4-8-22(19)25-20/h3-4,6,8-12,14,21H,5,7,13,15-17H2,1-2H3/t21-/m1/s1. The molecule has 0 aliphatic carbocycles. The van der Waals surface area contributed by atoms with Gasteiger partial charge in [-0.15, -0.1) is 0 Å². The molecular formula is C24H28N2O3. The molecule has 5 heteroatoms. The molecule has 0 N–H and O–H groups in total. The lowest BCUT2D eigenvalue weighted by molar-refractivity contribution is 0.0675. The molecule has 1 atom stereocenters. The zero-order valence-corrected chi connectivity index (χ0v) is 17.1. The third-order valence-electron chi connectivity index (χ3n) is 5.38. The highest BCUT2D eigenvalue weighted by Gasteiger charge is 2.20. The van der Waals surface area contributed by atoms with E-state index in [-0.39, 0.29) is 6.10 Å². The average Bonchev–Trinajstić information content (AvgIpc) is 3.26. The van der Waals surface area contributed by atoms with Crippen molar-refractivity contribution in [1.82, 2.24) is 9.88 Å². The number of fused-ring (bicyclic) bond motifs is 1. The summed E-state index contributed by atoms with van der Waals surface area (Å²) in [4.78, 5) is 7.28. The van der Waals surface area contributed by atoms with Crippen molar-refractivity contribution in [3.63, 3.8) is 0 Å². The van der Waals surface area contributed by atoms with Gasteiger partial charge < -0.3 is 14.2 Å². The van der Waals surface area contributed by atoms with Crippen LogP contribution >= 0.6 is 0 Å². The number of hydrogen-bond acceptors (Lipinski definition) is 5. The summed E-state index contributed by atoms with van der Waals surface area (Å²) in [6, 6.07) is 18.6. The Balaban J connectivity index is 1.55. The molecule has 2 heterocycles. The predicted octanol–water partition coefficient (Wildman–Crippen LogP) is 4.43. The van der Waals surface area contributed by atoms with Crippen molar-refractivity contribution in [3.05, 3.63) is 65.9 Å². The lowest BCUT2D eigenvalue weighted by Gasteiger charge is -2.25. The Morgan fingerprint density at radius 2 is 1.86 bits per heavy atom. The molecule has 2 aromatic carbocycles. The van der Waals surface area contributed by atoms with Gasteiger partial charge in [-0.1, -0.05) is 30.3 Å². The van der Waals surface area contributed by atoms with Crippen molar-refractivity contribution in [3.8, 4) is 11.5 Å². The summed E-state index contributed by atoms with van der Waals surface area (Å²) in [6.07, 6.45) is 2.55. The molecule has 4 rings (SSSR count). The number of benzene rings is 2. The molecule has 0 radical (unpaired) electrons. The SMILES string of the molecule is COc1ccc(CN(Cc2ccc3ccccc3n2)C[C@H]2CCCO2)cc1OC. The Bertz CT molecular complexity index is 954. The Hall–Kier alpha value is -2.63. The Morgan fingerprint density at radius 1 is 1.00 bits per heavy atom. The minimum Gasteiger partial charge on any atom is -0.493 e. The highest BCUT2D eigenvalue weighted by Crippen LogP contribution is 2.28. The minimum absolute atomic E-state index is 0.288. The number of rotatable bonds is 8. The molecule has 3 aromatic rings. The Morgan fingerprint density at radius 3 is 2.66 bits per heavy atom. The third-order valence-corrected chi connectivity index (χ3v) is 5.38. The van der Waals surface area contributed by atoms with E-state index in [2.05, 4.69) is 41.3 Å². The molecule has 1 aliphatic rings. The predicted molar refractivity (Wildman–Crippen MR) is 114 cm³/mol. The van der Waals surface area contributed by atoms with E-state index in [1.807, 2.05) is 18.2 Å². The van der Waals surface area contributed by atoms with Crippen molar-refractivity contribution < 1.29 is 14.2 Å². The van der Waals surface area contributed by atoms with E-state index in [9.17, 15) is 0 Å². The summed E-state index contributed by atoms with van der Waals surface area (Å²) >= 11 is 0. The van der Waals surface area contributed by atoms with Crippen molar-refractivity contribution in [2.45, 2.75) is 32.0 Å². The summed E-state index contributed by atoms with van der Waals surface area (Å²) < 4.78 is 16.8. The fourth-order valence-electron chi connectivity index (χ4n) is 3.92. The lowest BCUT2D eigenvalue weighted by Crippen LogP contribution is -2.31. The van der Waals surface area contributed by atoms with Crippen LogP contribution in [0.2, 0.25) is 0 Å². The average molecular weight is 392 g/mol. The van der Waals surface area contributed by atoms with Gasteiger partial charge in [-0.2, -0.15) is 0 Å². The van der Waals surface area contributed by atoms with Crippen LogP contribution in [0.15, 0.2) is 54.6 Å². The van der Waals surface area contributed by atoms with Crippen LogP contribution in [0.25, 0.3) is 10.9 Å². The van der Waals surface area contributed by atoms with Gasteiger partial charge in [0.2, 0.25) is 0 Å². The van der Waals surface area contributed by atoms with Gasteiger partial charge in [0.1, 0.15) is 0 Å². The molecule has 29 heavy (non-hydrogen) atoms. The highest BCUT2D eigenvalue weighted by atomic mass is 16.5. The fraction of sp³-hybridized carbons (Fsp3) is 0.375. The maximum Gasteiger partial charge on any atom is 0.161 e. The fourth-order valence-corrected chi connectivity index (χ4v) is 3.92. The molecule has 1 fully saturated rings. The van der Waals surface area contributed by atoms with Gasteiger partial charge in [-0.3, -0.25) is 9.88 Å².